The summed E-state index contributed by atoms with van der Waals surface area (Å²) >= 11 is 1.69. The number of thioether (sulfide) groups is 1. The first kappa shape index (κ1) is 23.5. The molecule has 0 unspecified atom stereocenters. The van der Waals surface area contributed by atoms with Gasteiger partial charge in [-0.3, -0.25) is 4.57 Å². The molecule has 7 nitrogen and oxygen atoms in total. The summed E-state index contributed by atoms with van der Waals surface area (Å²) in [5.74, 6) is 1.56. The highest BCUT2D eigenvalue weighted by molar-refractivity contribution is 7.98. The first-order valence-corrected chi connectivity index (χ1v) is 14.3. The number of ether oxygens (including phenoxy) is 1. The SMILES string of the molecule is Cc1ccc(CSc2nnc(-c3cccc(S(=O)(=O)N4CCOCC4)c3)n2C2CCCC2)cc1. The minimum Gasteiger partial charge on any atom is -0.379 e. The number of hydrogen-bond acceptors (Lipinski definition) is 6. The zero-order chi connectivity index (χ0) is 23.5. The molecule has 180 valence electrons. The van der Waals surface area contributed by atoms with E-state index < -0.39 is 10.0 Å². The van der Waals surface area contributed by atoms with Gasteiger partial charge in [0.05, 0.1) is 18.1 Å². The van der Waals surface area contributed by atoms with Gasteiger partial charge in [0.25, 0.3) is 0 Å². The van der Waals surface area contributed by atoms with Gasteiger partial charge >= 0.3 is 0 Å². The van der Waals surface area contributed by atoms with Crippen molar-refractivity contribution in [3.63, 3.8) is 0 Å². The first-order valence-electron chi connectivity index (χ1n) is 11.8. The Labute approximate surface area is 205 Å². The summed E-state index contributed by atoms with van der Waals surface area (Å²) in [5.41, 5.74) is 3.28. The van der Waals surface area contributed by atoms with Gasteiger partial charge in [-0.25, -0.2) is 8.42 Å². The smallest absolute Gasteiger partial charge is 0.243 e. The number of morpholine rings is 1. The molecule has 1 aliphatic heterocycles. The quantitative estimate of drug-likeness (QED) is 0.440. The number of benzene rings is 2. The lowest BCUT2D eigenvalue weighted by atomic mass is 10.2. The van der Waals surface area contributed by atoms with E-state index in [1.807, 2.05) is 6.07 Å². The van der Waals surface area contributed by atoms with Crippen LogP contribution in [0.4, 0.5) is 0 Å². The molecule has 2 heterocycles. The molecule has 0 radical (unpaired) electrons. The molecular formula is C25H30N4O3S2. The van der Waals surface area contributed by atoms with Crippen molar-refractivity contribution in [2.75, 3.05) is 26.3 Å². The second kappa shape index (κ2) is 10.2. The van der Waals surface area contributed by atoms with Crippen LogP contribution in [-0.2, 0) is 20.5 Å². The van der Waals surface area contributed by atoms with Gasteiger partial charge in [0.15, 0.2) is 11.0 Å². The van der Waals surface area contributed by atoms with Crippen molar-refractivity contribution in [3.8, 4) is 11.4 Å². The molecule has 1 saturated heterocycles. The number of aryl methyl sites for hydroxylation is 1. The average molecular weight is 499 g/mol. The summed E-state index contributed by atoms with van der Waals surface area (Å²) in [7, 11) is -3.58. The Hall–Kier alpha value is -2.20. The van der Waals surface area contributed by atoms with Crippen molar-refractivity contribution in [2.45, 2.75) is 54.5 Å². The van der Waals surface area contributed by atoms with Gasteiger partial charge in [-0.15, -0.1) is 10.2 Å². The molecule has 2 aliphatic rings. The maximum Gasteiger partial charge on any atom is 0.243 e. The molecular weight excluding hydrogens is 468 g/mol. The van der Waals surface area contributed by atoms with Gasteiger partial charge in [0.1, 0.15) is 0 Å². The summed E-state index contributed by atoms with van der Waals surface area (Å²) in [6.45, 7) is 3.70. The lowest BCUT2D eigenvalue weighted by molar-refractivity contribution is 0.0730. The first-order chi connectivity index (χ1) is 16.5. The van der Waals surface area contributed by atoms with Gasteiger partial charge < -0.3 is 4.74 Å². The molecule has 1 aliphatic carbocycles. The molecule has 1 saturated carbocycles. The molecule has 2 fully saturated rings. The van der Waals surface area contributed by atoms with Crippen molar-refractivity contribution < 1.29 is 13.2 Å². The van der Waals surface area contributed by atoms with E-state index >= 15 is 0 Å². The van der Waals surface area contributed by atoms with Crippen molar-refractivity contribution in [1.29, 1.82) is 0 Å². The molecule has 2 aromatic carbocycles. The van der Waals surface area contributed by atoms with Crippen LogP contribution in [0.5, 0.6) is 0 Å². The van der Waals surface area contributed by atoms with E-state index in [0.717, 1.165) is 35.1 Å². The minimum absolute atomic E-state index is 0.293. The molecule has 0 atom stereocenters. The molecule has 0 bridgehead atoms. The van der Waals surface area contributed by atoms with E-state index in [9.17, 15) is 8.42 Å². The van der Waals surface area contributed by atoms with Gasteiger partial charge in [0.2, 0.25) is 10.0 Å². The normalized spacial score (nSPS) is 17.9. The Morgan fingerprint density at radius 1 is 1.03 bits per heavy atom. The summed E-state index contributed by atoms with van der Waals surface area (Å²) in [4.78, 5) is 0.293. The highest BCUT2D eigenvalue weighted by Gasteiger charge is 2.28. The van der Waals surface area contributed by atoms with Crippen molar-refractivity contribution in [3.05, 3.63) is 59.7 Å². The Balaban J connectivity index is 1.46. The van der Waals surface area contributed by atoms with Gasteiger partial charge in [0, 0.05) is 30.4 Å². The van der Waals surface area contributed by atoms with E-state index in [0.29, 0.717) is 37.2 Å². The third kappa shape index (κ3) is 4.93. The zero-order valence-electron chi connectivity index (χ0n) is 19.4. The van der Waals surface area contributed by atoms with Crippen LogP contribution in [0.1, 0.15) is 42.9 Å². The minimum atomic E-state index is -3.58. The fraction of sp³-hybridized carbons (Fsp3) is 0.440. The number of nitrogens with zero attached hydrogens (tertiary/aromatic N) is 4. The Kier molecular flexibility index (Phi) is 7.06. The molecule has 3 aromatic rings. The van der Waals surface area contributed by atoms with Crippen LogP contribution < -0.4 is 0 Å². The second-order valence-corrected chi connectivity index (χ2v) is 11.8. The van der Waals surface area contributed by atoms with Crippen LogP contribution in [0.2, 0.25) is 0 Å². The zero-order valence-corrected chi connectivity index (χ0v) is 21.0. The molecule has 0 N–H and O–H groups in total. The van der Waals surface area contributed by atoms with E-state index in [1.54, 1.807) is 30.0 Å². The number of rotatable bonds is 7. The number of aromatic nitrogens is 3. The fourth-order valence-corrected chi connectivity index (χ4v) is 7.04. The highest BCUT2D eigenvalue weighted by atomic mass is 32.2. The summed E-state index contributed by atoms with van der Waals surface area (Å²) in [5, 5.41) is 10.0. The average Bonchev–Trinajstić information content (AvgIpc) is 3.54. The maximum absolute atomic E-state index is 13.2. The molecule has 1 aromatic heterocycles. The summed E-state index contributed by atoms with van der Waals surface area (Å²) in [6.07, 6.45) is 4.56. The van der Waals surface area contributed by atoms with Crippen molar-refractivity contribution >= 4 is 21.8 Å². The number of hydrogen-bond donors (Lipinski definition) is 0. The number of sulfonamides is 1. The predicted octanol–water partition coefficient (Wildman–Crippen LogP) is 4.68. The van der Waals surface area contributed by atoms with Gasteiger partial charge in [-0.2, -0.15) is 4.31 Å². The van der Waals surface area contributed by atoms with E-state index in [4.69, 9.17) is 4.74 Å². The van der Waals surface area contributed by atoms with Gasteiger partial charge in [-0.05, 0) is 37.5 Å². The third-order valence-corrected chi connectivity index (χ3v) is 9.45. The van der Waals surface area contributed by atoms with Crippen LogP contribution in [0.3, 0.4) is 0 Å². The van der Waals surface area contributed by atoms with Crippen molar-refractivity contribution in [2.24, 2.45) is 0 Å². The topological polar surface area (TPSA) is 77.3 Å². The standard InChI is InChI=1S/C25H30N4O3S2/c1-19-9-11-20(12-10-19)18-33-25-27-26-24(29(25)22-6-2-3-7-22)21-5-4-8-23(17-21)34(30,31)28-13-15-32-16-14-28/h4-5,8-12,17,22H,2-3,6-7,13-16,18H2,1H3. The largest absolute Gasteiger partial charge is 0.379 e. The Morgan fingerprint density at radius 3 is 2.50 bits per heavy atom. The lowest BCUT2D eigenvalue weighted by Crippen LogP contribution is -2.40. The van der Waals surface area contributed by atoms with Crippen LogP contribution in [0, 0.1) is 6.92 Å². The van der Waals surface area contributed by atoms with Crippen LogP contribution in [0.15, 0.2) is 58.6 Å². The molecule has 0 amide bonds. The monoisotopic (exact) mass is 498 g/mol. The van der Waals surface area contributed by atoms with E-state index in [1.165, 1.54) is 28.3 Å². The van der Waals surface area contributed by atoms with Crippen LogP contribution >= 0.6 is 11.8 Å². The fourth-order valence-electron chi connectivity index (χ4n) is 4.63. The van der Waals surface area contributed by atoms with Crippen LogP contribution in [-0.4, -0.2) is 53.8 Å². The van der Waals surface area contributed by atoms with E-state index in [-0.39, 0.29) is 0 Å². The highest BCUT2D eigenvalue weighted by Crippen LogP contribution is 2.37. The Bertz CT molecular complexity index is 1230. The maximum atomic E-state index is 13.2. The predicted molar refractivity (Wildman–Crippen MR) is 133 cm³/mol. The molecule has 9 heteroatoms. The molecule has 5 rings (SSSR count). The summed E-state index contributed by atoms with van der Waals surface area (Å²) in [6, 6.07) is 16.0. The third-order valence-electron chi connectivity index (χ3n) is 6.54. The van der Waals surface area contributed by atoms with Crippen LogP contribution in [0.25, 0.3) is 11.4 Å². The molecule has 0 spiro atoms. The Morgan fingerprint density at radius 2 is 1.76 bits per heavy atom. The summed E-state index contributed by atoms with van der Waals surface area (Å²) < 4.78 is 35.5. The lowest BCUT2D eigenvalue weighted by Gasteiger charge is -2.26. The van der Waals surface area contributed by atoms with Gasteiger partial charge in [-0.1, -0.05) is 66.6 Å². The second-order valence-electron chi connectivity index (χ2n) is 8.93. The molecule has 34 heavy (non-hydrogen) atoms. The van der Waals surface area contributed by atoms with Crippen molar-refractivity contribution in [1.82, 2.24) is 19.1 Å². The van der Waals surface area contributed by atoms with E-state index in [2.05, 4.69) is 46.0 Å².